The predicted octanol–water partition coefficient (Wildman–Crippen LogP) is 5.39. The van der Waals surface area contributed by atoms with Crippen molar-refractivity contribution >= 4 is 34.4 Å². The van der Waals surface area contributed by atoms with Gasteiger partial charge in [0.2, 0.25) is 5.91 Å². The van der Waals surface area contributed by atoms with Gasteiger partial charge in [0.1, 0.15) is 12.3 Å². The second-order valence-corrected chi connectivity index (χ2v) is 8.02. The number of hydrogen-bond acceptors (Lipinski definition) is 5. The summed E-state index contributed by atoms with van der Waals surface area (Å²) >= 11 is 1.41. The number of hydrogen-bond donors (Lipinski definition) is 1. The molecule has 0 aliphatic heterocycles. The molecule has 0 radical (unpaired) electrons. The Morgan fingerprint density at radius 3 is 2.76 bits per heavy atom. The summed E-state index contributed by atoms with van der Waals surface area (Å²) in [6, 6.07) is 14.2. The summed E-state index contributed by atoms with van der Waals surface area (Å²) in [5.41, 5.74) is 1.07. The molecule has 1 amide bonds. The van der Waals surface area contributed by atoms with Crippen LogP contribution in [0.4, 0.5) is 18.9 Å². The first-order valence-electron chi connectivity index (χ1n) is 9.87. The molecule has 0 aliphatic rings. The minimum atomic E-state index is -4.58. The van der Waals surface area contributed by atoms with E-state index in [1.807, 2.05) is 24.3 Å². The molecule has 0 unspecified atom stereocenters. The first-order valence-corrected chi connectivity index (χ1v) is 10.9. The van der Waals surface area contributed by atoms with Crippen LogP contribution >= 0.6 is 11.8 Å². The van der Waals surface area contributed by atoms with Gasteiger partial charge in [0.25, 0.3) is 0 Å². The number of ether oxygens (including phenoxy) is 1. The molecular weight excluding hydrogens is 453 g/mol. The van der Waals surface area contributed by atoms with Crippen LogP contribution in [0, 0.1) is 0 Å². The highest BCUT2D eigenvalue weighted by Crippen LogP contribution is 2.34. The second-order valence-electron chi connectivity index (χ2n) is 7.08. The number of benzene rings is 2. The number of aromatic nitrogens is 3. The zero-order chi connectivity index (χ0) is 23.4. The van der Waals surface area contributed by atoms with Gasteiger partial charge in [-0.3, -0.25) is 9.78 Å². The number of fused-ring (bicyclic) bond motifs is 1. The van der Waals surface area contributed by atoms with Crippen LogP contribution in [-0.4, -0.2) is 27.6 Å². The van der Waals surface area contributed by atoms with E-state index in [4.69, 9.17) is 4.74 Å². The Labute approximate surface area is 191 Å². The number of pyridine rings is 1. The maximum atomic E-state index is 13.3. The molecule has 0 fully saturated rings. The summed E-state index contributed by atoms with van der Waals surface area (Å²) in [6.45, 7) is -0.213. The number of halogens is 3. The van der Waals surface area contributed by atoms with Gasteiger partial charge in [-0.2, -0.15) is 13.2 Å². The molecule has 6 nitrogen and oxygen atoms in total. The first-order chi connectivity index (χ1) is 15.8. The average Bonchev–Trinajstić information content (AvgIpc) is 3.14. The van der Waals surface area contributed by atoms with Crippen LogP contribution in [0.5, 0.6) is 5.75 Å². The maximum absolute atomic E-state index is 13.3. The van der Waals surface area contributed by atoms with E-state index in [2.05, 4.69) is 15.3 Å². The van der Waals surface area contributed by atoms with Crippen molar-refractivity contribution < 1.29 is 22.7 Å². The number of nitrogens with zero attached hydrogens (tertiary/aromatic N) is 3. The van der Waals surface area contributed by atoms with Crippen LogP contribution in [0.3, 0.4) is 0 Å². The Morgan fingerprint density at radius 1 is 1.15 bits per heavy atom. The Kier molecular flexibility index (Phi) is 6.55. The van der Waals surface area contributed by atoms with Crippen molar-refractivity contribution in [2.24, 2.45) is 0 Å². The van der Waals surface area contributed by atoms with Crippen LogP contribution in [0.1, 0.15) is 11.1 Å². The van der Waals surface area contributed by atoms with Crippen molar-refractivity contribution in [1.82, 2.24) is 14.5 Å². The van der Waals surface area contributed by atoms with E-state index in [0.29, 0.717) is 21.9 Å². The average molecular weight is 472 g/mol. The van der Waals surface area contributed by atoms with E-state index in [1.165, 1.54) is 30.0 Å². The van der Waals surface area contributed by atoms with Crippen molar-refractivity contribution in [3.63, 3.8) is 0 Å². The number of thioether (sulfide) groups is 1. The third-order valence-electron chi connectivity index (χ3n) is 4.83. The van der Waals surface area contributed by atoms with Gasteiger partial charge in [0.05, 0.1) is 35.6 Å². The number of para-hydroxylation sites is 1. The third-order valence-corrected chi connectivity index (χ3v) is 5.87. The number of imidazole rings is 1. The van der Waals surface area contributed by atoms with E-state index in [9.17, 15) is 18.0 Å². The number of carbonyl (C=O) groups excluding carboxylic acids is 1. The van der Waals surface area contributed by atoms with Gasteiger partial charge in [0.15, 0.2) is 5.16 Å². The molecule has 170 valence electrons. The Morgan fingerprint density at radius 2 is 1.97 bits per heavy atom. The lowest BCUT2D eigenvalue weighted by atomic mass is 10.1. The summed E-state index contributed by atoms with van der Waals surface area (Å²) in [7, 11) is 1.59. The highest BCUT2D eigenvalue weighted by molar-refractivity contribution is 7.98. The van der Waals surface area contributed by atoms with Crippen molar-refractivity contribution in [3.8, 4) is 5.75 Å². The number of amides is 1. The molecule has 0 saturated heterocycles. The fourth-order valence-corrected chi connectivity index (χ4v) is 4.25. The lowest BCUT2D eigenvalue weighted by Crippen LogP contribution is -2.21. The van der Waals surface area contributed by atoms with Gasteiger partial charge < -0.3 is 14.6 Å². The molecule has 33 heavy (non-hydrogen) atoms. The summed E-state index contributed by atoms with van der Waals surface area (Å²) in [5, 5.41) is 2.94. The Bertz CT molecular complexity index is 1290. The molecule has 1 N–H and O–H groups in total. The minimum absolute atomic E-state index is 0.213. The van der Waals surface area contributed by atoms with Crippen LogP contribution in [0.2, 0.25) is 0 Å². The number of rotatable bonds is 7. The molecule has 2 aromatic heterocycles. The summed E-state index contributed by atoms with van der Waals surface area (Å²) in [4.78, 5) is 21.4. The summed E-state index contributed by atoms with van der Waals surface area (Å²) in [6.07, 6.45) is -1.40. The fourth-order valence-electron chi connectivity index (χ4n) is 3.29. The number of alkyl halides is 3. The maximum Gasteiger partial charge on any atom is 0.418 e. The van der Waals surface area contributed by atoms with Crippen molar-refractivity contribution in [1.29, 1.82) is 0 Å². The number of anilines is 1. The van der Waals surface area contributed by atoms with Crippen molar-refractivity contribution in [3.05, 3.63) is 78.1 Å². The monoisotopic (exact) mass is 472 g/mol. The number of nitrogens with one attached hydrogen (secondary N) is 1. The molecule has 0 atom stereocenters. The van der Waals surface area contributed by atoms with Gasteiger partial charge in [0, 0.05) is 11.9 Å². The van der Waals surface area contributed by atoms with Gasteiger partial charge in [-0.1, -0.05) is 36.0 Å². The summed E-state index contributed by atoms with van der Waals surface area (Å²) in [5.74, 6) is 0.693. The topological polar surface area (TPSA) is 69.0 Å². The number of methoxy groups -OCH3 is 1. The fraction of sp³-hybridized carbons (Fsp3) is 0.174. The van der Waals surface area contributed by atoms with Gasteiger partial charge in [-0.05, 0) is 35.9 Å². The predicted molar refractivity (Wildman–Crippen MR) is 120 cm³/mol. The molecule has 2 heterocycles. The minimum Gasteiger partial charge on any atom is -0.497 e. The highest BCUT2D eigenvalue weighted by Gasteiger charge is 2.33. The molecule has 2 aromatic carbocycles. The van der Waals surface area contributed by atoms with Crippen LogP contribution in [0.15, 0.2) is 72.1 Å². The molecule has 4 aromatic rings. The highest BCUT2D eigenvalue weighted by atomic mass is 32.2. The normalized spacial score (nSPS) is 11.5. The van der Waals surface area contributed by atoms with Crippen molar-refractivity contribution in [2.45, 2.75) is 23.6 Å². The lowest BCUT2D eigenvalue weighted by Gasteiger charge is -2.14. The zero-order valence-corrected chi connectivity index (χ0v) is 18.3. The summed E-state index contributed by atoms with van der Waals surface area (Å²) < 4.78 is 46.7. The smallest absolute Gasteiger partial charge is 0.418 e. The molecule has 0 aliphatic carbocycles. The largest absolute Gasteiger partial charge is 0.497 e. The first kappa shape index (κ1) is 22.7. The molecule has 0 spiro atoms. The van der Waals surface area contributed by atoms with Gasteiger partial charge in [-0.25, -0.2) is 4.98 Å². The van der Waals surface area contributed by atoms with Crippen LogP contribution in [-0.2, 0) is 23.3 Å². The molecule has 10 heteroatoms. The van der Waals surface area contributed by atoms with Crippen molar-refractivity contribution in [2.75, 3.05) is 12.4 Å². The molecular formula is C23H19F3N4O2S. The molecule has 0 bridgehead atoms. The lowest BCUT2D eigenvalue weighted by molar-refractivity contribution is -0.137. The van der Waals surface area contributed by atoms with Crippen LogP contribution in [0.25, 0.3) is 11.0 Å². The van der Waals surface area contributed by atoms with Gasteiger partial charge >= 0.3 is 6.18 Å². The Hall–Kier alpha value is -3.53. The van der Waals surface area contributed by atoms with E-state index >= 15 is 0 Å². The van der Waals surface area contributed by atoms with E-state index < -0.39 is 17.6 Å². The third kappa shape index (κ3) is 5.28. The standard InChI is InChI=1S/C23H19F3N4O2S/c1-32-16-6-4-5-15(11-16)14-33-22-29-19-9-10-27-12-20(19)30(22)13-21(31)28-18-8-3-2-7-17(18)23(24,25)26/h2-12H,13-14H2,1H3,(H,28,31). The number of carbonyl (C=O) groups is 1. The van der Waals surface area contributed by atoms with E-state index in [-0.39, 0.29) is 12.2 Å². The van der Waals surface area contributed by atoms with E-state index in [1.54, 1.807) is 30.1 Å². The quantitative estimate of drug-likeness (QED) is 0.365. The van der Waals surface area contributed by atoms with E-state index in [0.717, 1.165) is 17.4 Å². The Balaban J connectivity index is 1.58. The van der Waals surface area contributed by atoms with Gasteiger partial charge in [-0.15, -0.1) is 0 Å². The second kappa shape index (κ2) is 9.53. The SMILES string of the molecule is COc1cccc(CSc2nc3ccncc3n2CC(=O)Nc2ccccc2C(F)(F)F)c1. The van der Waals surface area contributed by atoms with Crippen LogP contribution < -0.4 is 10.1 Å². The molecule has 4 rings (SSSR count). The zero-order valence-electron chi connectivity index (χ0n) is 17.5. The molecule has 0 saturated carbocycles.